The van der Waals surface area contributed by atoms with E-state index in [0.29, 0.717) is 6.04 Å². The molecule has 3 heteroatoms. The highest BCUT2D eigenvalue weighted by molar-refractivity contribution is 5.75. The molecule has 0 unspecified atom stereocenters. The third-order valence-electron chi connectivity index (χ3n) is 2.55. The molecule has 0 saturated carbocycles. The number of hydrogen-bond donors (Lipinski definition) is 1. The Hall–Kier alpha value is -1.35. The van der Waals surface area contributed by atoms with Gasteiger partial charge in [-0.3, -0.25) is 0 Å². The first-order chi connectivity index (χ1) is 7.18. The third-order valence-corrected chi connectivity index (χ3v) is 2.55. The molecule has 15 heavy (non-hydrogen) atoms. The lowest BCUT2D eigenvalue weighted by Crippen LogP contribution is -2.23. The Balaban J connectivity index is 2.32. The molecule has 0 bridgehead atoms. The molecule has 0 aliphatic rings. The van der Waals surface area contributed by atoms with Crippen molar-refractivity contribution in [2.45, 2.75) is 26.4 Å². The summed E-state index contributed by atoms with van der Waals surface area (Å²) < 4.78 is 2.14. The Morgan fingerprint density at radius 2 is 2.07 bits per heavy atom. The molecule has 0 spiro atoms. The molecule has 0 fully saturated rings. The first kappa shape index (κ1) is 10.2. The average molecular weight is 203 g/mol. The van der Waals surface area contributed by atoms with Gasteiger partial charge in [0.15, 0.2) is 0 Å². The number of nitrogens with zero attached hydrogens (tertiary/aromatic N) is 2. The molecular weight excluding hydrogens is 186 g/mol. The van der Waals surface area contributed by atoms with Crippen LogP contribution in [0.1, 0.15) is 19.7 Å². The number of aryl methyl sites for hydroxylation is 1. The van der Waals surface area contributed by atoms with E-state index in [-0.39, 0.29) is 0 Å². The summed E-state index contributed by atoms with van der Waals surface area (Å²) in [7, 11) is 2.06. The van der Waals surface area contributed by atoms with Gasteiger partial charge >= 0.3 is 0 Å². The minimum atomic E-state index is 0.491. The molecule has 3 nitrogen and oxygen atoms in total. The van der Waals surface area contributed by atoms with Crippen molar-refractivity contribution in [1.82, 2.24) is 14.9 Å². The summed E-state index contributed by atoms with van der Waals surface area (Å²) in [5.74, 6) is 1.09. The van der Waals surface area contributed by atoms with Gasteiger partial charge in [-0.1, -0.05) is 26.0 Å². The predicted molar refractivity (Wildman–Crippen MR) is 62.7 cm³/mol. The van der Waals surface area contributed by atoms with Crippen LogP contribution >= 0.6 is 0 Å². The first-order valence-corrected chi connectivity index (χ1v) is 5.32. The van der Waals surface area contributed by atoms with Crippen molar-refractivity contribution in [1.29, 1.82) is 0 Å². The Kier molecular flexibility index (Phi) is 2.73. The summed E-state index contributed by atoms with van der Waals surface area (Å²) in [6.07, 6.45) is 0. The molecule has 2 rings (SSSR count). The number of aromatic nitrogens is 2. The van der Waals surface area contributed by atoms with Crippen LogP contribution in [0.15, 0.2) is 24.3 Å². The van der Waals surface area contributed by atoms with E-state index < -0.39 is 0 Å². The molecule has 2 aromatic rings. The zero-order valence-electron chi connectivity index (χ0n) is 9.49. The standard InChI is InChI=1S/C12H17N3/c1-9(2)13-8-12-14-10-6-4-5-7-11(10)15(12)3/h4-7,9,13H,8H2,1-3H3. The molecule has 1 aromatic heterocycles. The van der Waals surface area contributed by atoms with Crippen LogP contribution in [0, 0.1) is 0 Å². The molecule has 0 amide bonds. The van der Waals surface area contributed by atoms with Crippen LogP contribution < -0.4 is 5.32 Å². The maximum atomic E-state index is 4.58. The summed E-state index contributed by atoms with van der Waals surface area (Å²) in [6.45, 7) is 5.11. The molecular formula is C12H17N3. The number of rotatable bonds is 3. The lowest BCUT2D eigenvalue weighted by Gasteiger charge is -2.07. The van der Waals surface area contributed by atoms with Gasteiger partial charge in [0, 0.05) is 13.1 Å². The minimum Gasteiger partial charge on any atom is -0.330 e. The van der Waals surface area contributed by atoms with Crippen LogP contribution in [-0.2, 0) is 13.6 Å². The Morgan fingerprint density at radius 3 is 2.73 bits per heavy atom. The van der Waals surface area contributed by atoms with Crippen molar-refractivity contribution in [3.63, 3.8) is 0 Å². The minimum absolute atomic E-state index is 0.491. The van der Waals surface area contributed by atoms with Crippen LogP contribution in [0.2, 0.25) is 0 Å². The van der Waals surface area contributed by atoms with Crippen molar-refractivity contribution < 1.29 is 0 Å². The molecule has 0 atom stereocenters. The predicted octanol–water partition coefficient (Wildman–Crippen LogP) is 2.07. The summed E-state index contributed by atoms with van der Waals surface area (Å²) in [5, 5.41) is 3.38. The van der Waals surface area contributed by atoms with E-state index in [9.17, 15) is 0 Å². The molecule has 1 N–H and O–H groups in total. The van der Waals surface area contributed by atoms with Crippen LogP contribution in [0.4, 0.5) is 0 Å². The van der Waals surface area contributed by atoms with Gasteiger partial charge < -0.3 is 9.88 Å². The van der Waals surface area contributed by atoms with Crippen LogP contribution in [0.25, 0.3) is 11.0 Å². The highest BCUT2D eigenvalue weighted by atomic mass is 15.1. The number of hydrogen-bond acceptors (Lipinski definition) is 2. The first-order valence-electron chi connectivity index (χ1n) is 5.32. The van der Waals surface area contributed by atoms with Crippen molar-refractivity contribution in [2.24, 2.45) is 7.05 Å². The molecule has 0 aliphatic carbocycles. The van der Waals surface area contributed by atoms with Crippen LogP contribution in [0.3, 0.4) is 0 Å². The van der Waals surface area contributed by atoms with Gasteiger partial charge in [0.2, 0.25) is 0 Å². The fraction of sp³-hybridized carbons (Fsp3) is 0.417. The number of fused-ring (bicyclic) bond motifs is 1. The number of nitrogens with one attached hydrogen (secondary N) is 1. The fourth-order valence-electron chi connectivity index (χ4n) is 1.65. The smallest absolute Gasteiger partial charge is 0.123 e. The zero-order chi connectivity index (χ0) is 10.8. The van der Waals surface area contributed by atoms with Gasteiger partial charge in [0.25, 0.3) is 0 Å². The maximum absolute atomic E-state index is 4.58. The van der Waals surface area contributed by atoms with E-state index in [1.165, 1.54) is 5.52 Å². The average Bonchev–Trinajstić information content (AvgIpc) is 2.54. The zero-order valence-corrected chi connectivity index (χ0v) is 9.49. The lowest BCUT2D eigenvalue weighted by atomic mass is 10.3. The maximum Gasteiger partial charge on any atom is 0.123 e. The largest absolute Gasteiger partial charge is 0.330 e. The van der Waals surface area contributed by atoms with E-state index in [2.05, 4.69) is 41.8 Å². The normalized spacial score (nSPS) is 11.5. The summed E-state index contributed by atoms with van der Waals surface area (Å²) in [5.41, 5.74) is 2.26. The fourth-order valence-corrected chi connectivity index (χ4v) is 1.65. The van der Waals surface area contributed by atoms with E-state index in [0.717, 1.165) is 17.9 Å². The SMILES string of the molecule is CC(C)NCc1nc2ccccc2n1C. The Morgan fingerprint density at radius 1 is 1.33 bits per heavy atom. The molecule has 0 saturated heterocycles. The van der Waals surface area contributed by atoms with Crippen molar-refractivity contribution >= 4 is 11.0 Å². The highest BCUT2D eigenvalue weighted by Gasteiger charge is 2.06. The Bertz CT molecular complexity index is 457. The van der Waals surface area contributed by atoms with Gasteiger partial charge in [-0.15, -0.1) is 0 Å². The molecule has 0 radical (unpaired) electrons. The Labute approximate surface area is 90.1 Å². The molecule has 1 aromatic carbocycles. The molecule has 0 aliphatic heterocycles. The van der Waals surface area contributed by atoms with E-state index in [1.54, 1.807) is 0 Å². The summed E-state index contributed by atoms with van der Waals surface area (Å²) >= 11 is 0. The van der Waals surface area contributed by atoms with Gasteiger partial charge in [-0.05, 0) is 12.1 Å². The highest BCUT2D eigenvalue weighted by Crippen LogP contribution is 2.13. The van der Waals surface area contributed by atoms with Crippen molar-refractivity contribution in [2.75, 3.05) is 0 Å². The van der Waals surface area contributed by atoms with E-state index in [4.69, 9.17) is 0 Å². The summed E-state index contributed by atoms with van der Waals surface area (Å²) in [6, 6.07) is 8.71. The van der Waals surface area contributed by atoms with Crippen LogP contribution in [0.5, 0.6) is 0 Å². The number of para-hydroxylation sites is 2. The van der Waals surface area contributed by atoms with Gasteiger partial charge in [0.05, 0.1) is 17.6 Å². The van der Waals surface area contributed by atoms with Gasteiger partial charge in [-0.25, -0.2) is 4.98 Å². The third kappa shape index (κ3) is 2.02. The second-order valence-electron chi connectivity index (χ2n) is 4.11. The van der Waals surface area contributed by atoms with Crippen molar-refractivity contribution in [3.05, 3.63) is 30.1 Å². The second kappa shape index (κ2) is 4.03. The monoisotopic (exact) mass is 203 g/mol. The van der Waals surface area contributed by atoms with E-state index >= 15 is 0 Å². The molecule has 1 heterocycles. The van der Waals surface area contributed by atoms with E-state index in [1.807, 2.05) is 18.2 Å². The topological polar surface area (TPSA) is 29.9 Å². The van der Waals surface area contributed by atoms with Crippen molar-refractivity contribution in [3.8, 4) is 0 Å². The molecule has 80 valence electrons. The van der Waals surface area contributed by atoms with Crippen LogP contribution in [-0.4, -0.2) is 15.6 Å². The summed E-state index contributed by atoms with van der Waals surface area (Å²) in [4.78, 5) is 4.58. The van der Waals surface area contributed by atoms with Gasteiger partial charge in [-0.2, -0.15) is 0 Å². The number of benzene rings is 1. The second-order valence-corrected chi connectivity index (χ2v) is 4.11. The quantitative estimate of drug-likeness (QED) is 0.827. The van der Waals surface area contributed by atoms with Gasteiger partial charge in [0.1, 0.15) is 5.82 Å². The lowest BCUT2D eigenvalue weighted by molar-refractivity contribution is 0.563. The number of imidazole rings is 1.